The van der Waals surface area contributed by atoms with E-state index in [-0.39, 0.29) is 11.7 Å². The number of nitrogens with zero attached hydrogens (tertiary/aromatic N) is 2. The van der Waals surface area contributed by atoms with E-state index in [0.717, 1.165) is 30.0 Å². The predicted octanol–water partition coefficient (Wildman–Crippen LogP) is 4.78. The number of carbonyl (C=O) groups excluding carboxylic acids is 2. The summed E-state index contributed by atoms with van der Waals surface area (Å²) in [6, 6.07) is 14.0. The molecule has 0 bridgehead atoms. The molecule has 1 fully saturated rings. The average molecular weight is 441 g/mol. The van der Waals surface area contributed by atoms with E-state index in [1.165, 1.54) is 36.7 Å². The van der Waals surface area contributed by atoms with E-state index in [9.17, 15) is 9.59 Å². The minimum atomic E-state index is 0.0241. The fraction of sp³-hybridized carbons (Fsp3) is 0.440. The van der Waals surface area contributed by atoms with Gasteiger partial charge in [-0.25, -0.2) is 0 Å². The summed E-state index contributed by atoms with van der Waals surface area (Å²) >= 11 is 1.54. The molecule has 0 unspecified atom stereocenters. The first-order chi connectivity index (χ1) is 15.0. The lowest BCUT2D eigenvalue weighted by atomic mass is 10.1. The van der Waals surface area contributed by atoms with Gasteiger partial charge >= 0.3 is 0 Å². The predicted molar refractivity (Wildman–Crippen MR) is 128 cm³/mol. The molecule has 0 aliphatic carbocycles. The van der Waals surface area contributed by atoms with E-state index in [4.69, 9.17) is 4.74 Å². The Labute approximate surface area is 189 Å². The normalized spacial score (nSPS) is 13.7. The summed E-state index contributed by atoms with van der Waals surface area (Å²) in [6.45, 7) is 4.42. The molecule has 1 heterocycles. The molecule has 166 valence electrons. The monoisotopic (exact) mass is 440 g/mol. The van der Waals surface area contributed by atoms with Crippen molar-refractivity contribution < 1.29 is 14.3 Å². The first-order valence-electron chi connectivity index (χ1n) is 10.8. The van der Waals surface area contributed by atoms with Gasteiger partial charge in [0.2, 0.25) is 5.91 Å². The number of carbonyl (C=O) groups is 2. The summed E-state index contributed by atoms with van der Waals surface area (Å²) in [5.41, 5.74) is 4.00. The Morgan fingerprint density at radius 1 is 1.06 bits per heavy atom. The maximum atomic E-state index is 12.6. The third-order valence-electron chi connectivity index (χ3n) is 5.67. The SMILES string of the molecule is COc1ccc(C(C)=O)cc1CSCC(=O)N(C)Cc1ccc(N2CCCCC2)cc1. The highest BCUT2D eigenvalue weighted by Gasteiger charge is 2.13. The van der Waals surface area contributed by atoms with Gasteiger partial charge in [0.15, 0.2) is 5.78 Å². The van der Waals surface area contributed by atoms with E-state index in [0.29, 0.717) is 23.6 Å². The first kappa shape index (κ1) is 23.2. The van der Waals surface area contributed by atoms with Crippen molar-refractivity contribution in [1.82, 2.24) is 4.90 Å². The van der Waals surface area contributed by atoms with Gasteiger partial charge in [-0.05, 0) is 62.1 Å². The molecule has 1 saturated heterocycles. The molecule has 6 heteroatoms. The van der Waals surface area contributed by atoms with Gasteiger partial charge in [0.1, 0.15) is 5.75 Å². The Kier molecular flexibility index (Phi) is 8.41. The quantitative estimate of drug-likeness (QED) is 0.525. The molecule has 0 aromatic heterocycles. The van der Waals surface area contributed by atoms with Crippen molar-refractivity contribution in [2.45, 2.75) is 38.5 Å². The Balaban J connectivity index is 1.49. The molecule has 1 aliphatic heterocycles. The molecular formula is C25H32N2O3S. The number of thioether (sulfide) groups is 1. The number of piperidine rings is 1. The lowest BCUT2D eigenvalue weighted by Crippen LogP contribution is -2.29. The van der Waals surface area contributed by atoms with Crippen LogP contribution in [0.5, 0.6) is 5.75 Å². The van der Waals surface area contributed by atoms with Crippen LogP contribution >= 0.6 is 11.8 Å². The molecular weight excluding hydrogens is 408 g/mol. The largest absolute Gasteiger partial charge is 0.496 e. The second-order valence-electron chi connectivity index (χ2n) is 8.04. The molecule has 1 amide bonds. The van der Waals surface area contributed by atoms with E-state index in [1.54, 1.807) is 25.0 Å². The van der Waals surface area contributed by atoms with Crippen molar-refractivity contribution >= 4 is 29.1 Å². The highest BCUT2D eigenvalue weighted by molar-refractivity contribution is 7.99. The third-order valence-corrected chi connectivity index (χ3v) is 6.64. The maximum Gasteiger partial charge on any atom is 0.232 e. The number of methoxy groups -OCH3 is 1. The molecule has 3 rings (SSSR count). The fourth-order valence-electron chi connectivity index (χ4n) is 3.80. The van der Waals surface area contributed by atoms with Gasteiger partial charge in [-0.1, -0.05) is 12.1 Å². The van der Waals surface area contributed by atoms with E-state index >= 15 is 0 Å². The molecule has 31 heavy (non-hydrogen) atoms. The summed E-state index contributed by atoms with van der Waals surface area (Å²) in [5, 5.41) is 0. The Morgan fingerprint density at radius 2 is 1.77 bits per heavy atom. The van der Waals surface area contributed by atoms with Crippen molar-refractivity contribution in [1.29, 1.82) is 0 Å². The molecule has 0 radical (unpaired) electrons. The number of ketones is 1. The standard InChI is InChI=1S/C25H32N2O3S/c1-19(28)21-9-12-24(30-3)22(15-21)17-31-18-25(29)26(2)16-20-7-10-23(11-8-20)27-13-5-4-6-14-27/h7-12,15H,4-6,13-14,16-18H2,1-3H3. The van der Waals surface area contributed by atoms with Crippen molar-refractivity contribution in [2.75, 3.05) is 37.9 Å². The Hall–Kier alpha value is -2.47. The highest BCUT2D eigenvalue weighted by Crippen LogP contribution is 2.25. The lowest BCUT2D eigenvalue weighted by Gasteiger charge is -2.29. The fourth-order valence-corrected chi connectivity index (χ4v) is 4.74. The summed E-state index contributed by atoms with van der Waals surface area (Å²) in [6.07, 6.45) is 3.86. The van der Waals surface area contributed by atoms with Crippen LogP contribution in [0, 0.1) is 0 Å². The summed E-state index contributed by atoms with van der Waals surface area (Å²) < 4.78 is 5.39. The molecule has 0 spiro atoms. The summed E-state index contributed by atoms with van der Waals surface area (Å²) in [4.78, 5) is 28.4. The number of rotatable bonds is 9. The molecule has 0 N–H and O–H groups in total. The maximum absolute atomic E-state index is 12.6. The van der Waals surface area contributed by atoms with Gasteiger partial charge in [0, 0.05) is 49.2 Å². The topological polar surface area (TPSA) is 49.9 Å². The Bertz CT molecular complexity index is 892. The zero-order valence-electron chi connectivity index (χ0n) is 18.7. The van der Waals surface area contributed by atoms with Gasteiger partial charge in [-0.3, -0.25) is 9.59 Å². The zero-order chi connectivity index (χ0) is 22.2. The summed E-state index contributed by atoms with van der Waals surface area (Å²) in [5.74, 6) is 1.86. The van der Waals surface area contributed by atoms with Crippen LogP contribution in [0.2, 0.25) is 0 Å². The van der Waals surface area contributed by atoms with Crippen LogP contribution in [0.1, 0.15) is 47.7 Å². The van der Waals surface area contributed by atoms with Crippen molar-refractivity contribution in [3.05, 3.63) is 59.2 Å². The molecule has 0 saturated carbocycles. The number of hydrogen-bond donors (Lipinski definition) is 0. The number of benzene rings is 2. The number of Topliss-reactive ketones (excluding diaryl/α,β-unsaturated/α-hetero) is 1. The van der Waals surface area contributed by atoms with Crippen molar-refractivity contribution in [3.63, 3.8) is 0 Å². The first-order valence-corrected chi connectivity index (χ1v) is 12.0. The van der Waals surface area contributed by atoms with E-state index < -0.39 is 0 Å². The van der Waals surface area contributed by atoms with Gasteiger partial charge in [0.05, 0.1) is 12.9 Å². The second kappa shape index (κ2) is 11.2. The van der Waals surface area contributed by atoms with E-state index in [1.807, 2.05) is 19.2 Å². The van der Waals surface area contributed by atoms with Crippen LogP contribution in [0.3, 0.4) is 0 Å². The second-order valence-corrected chi connectivity index (χ2v) is 9.03. The lowest BCUT2D eigenvalue weighted by molar-refractivity contribution is -0.127. The zero-order valence-corrected chi connectivity index (χ0v) is 19.5. The van der Waals surface area contributed by atoms with E-state index in [2.05, 4.69) is 29.2 Å². The smallest absolute Gasteiger partial charge is 0.232 e. The van der Waals surface area contributed by atoms with Gasteiger partial charge in [0.25, 0.3) is 0 Å². The molecule has 2 aromatic carbocycles. The number of hydrogen-bond acceptors (Lipinski definition) is 5. The average Bonchev–Trinajstić information content (AvgIpc) is 2.80. The van der Waals surface area contributed by atoms with Crippen LogP contribution in [-0.2, 0) is 17.1 Å². The molecule has 2 aromatic rings. The van der Waals surface area contributed by atoms with Gasteiger partial charge in [-0.15, -0.1) is 11.8 Å². The Morgan fingerprint density at radius 3 is 2.42 bits per heavy atom. The van der Waals surface area contributed by atoms with Gasteiger partial charge < -0.3 is 14.5 Å². The van der Waals surface area contributed by atoms with Crippen molar-refractivity contribution in [3.8, 4) is 5.75 Å². The van der Waals surface area contributed by atoms with Crippen LogP contribution in [0.4, 0.5) is 5.69 Å². The number of ether oxygens (including phenoxy) is 1. The highest BCUT2D eigenvalue weighted by atomic mass is 32.2. The molecule has 5 nitrogen and oxygen atoms in total. The minimum Gasteiger partial charge on any atom is -0.496 e. The molecule has 0 atom stereocenters. The van der Waals surface area contributed by atoms with Crippen LogP contribution in [-0.4, -0.2) is 49.6 Å². The minimum absolute atomic E-state index is 0.0241. The van der Waals surface area contributed by atoms with Crippen LogP contribution < -0.4 is 9.64 Å². The number of amides is 1. The third kappa shape index (κ3) is 6.50. The summed E-state index contributed by atoms with van der Waals surface area (Å²) in [7, 11) is 3.46. The van der Waals surface area contributed by atoms with Gasteiger partial charge in [-0.2, -0.15) is 0 Å². The molecule has 1 aliphatic rings. The van der Waals surface area contributed by atoms with Crippen LogP contribution in [0.25, 0.3) is 0 Å². The van der Waals surface area contributed by atoms with Crippen LogP contribution in [0.15, 0.2) is 42.5 Å². The van der Waals surface area contributed by atoms with Crippen molar-refractivity contribution in [2.24, 2.45) is 0 Å². The number of anilines is 1.